The Labute approximate surface area is 185 Å². The quantitative estimate of drug-likeness (QED) is 0.359. The second kappa shape index (κ2) is 8.40. The van der Waals surface area contributed by atoms with E-state index in [0.29, 0.717) is 23.6 Å². The van der Waals surface area contributed by atoms with Gasteiger partial charge in [-0.3, -0.25) is 9.78 Å². The third-order valence-corrected chi connectivity index (χ3v) is 5.35. The van der Waals surface area contributed by atoms with Crippen molar-refractivity contribution in [2.75, 3.05) is 10.6 Å². The monoisotopic (exact) mass is 419 g/mol. The summed E-state index contributed by atoms with van der Waals surface area (Å²) in [4.78, 5) is 19.5. The number of aromatic nitrogens is 1. The van der Waals surface area contributed by atoms with Crippen molar-refractivity contribution in [3.05, 3.63) is 115 Å². The molecule has 5 aromatic rings. The molecular formula is C27H21N3O2. The fourth-order valence-electron chi connectivity index (χ4n) is 3.72. The normalized spacial score (nSPS) is 10.9. The molecule has 0 aliphatic heterocycles. The number of hydrogen-bond acceptors (Lipinski definition) is 4. The first kappa shape index (κ1) is 19.6. The average Bonchev–Trinajstić information content (AvgIpc) is 3.28. The van der Waals surface area contributed by atoms with Gasteiger partial charge in [-0.2, -0.15) is 0 Å². The molecule has 1 amide bonds. The number of rotatable bonds is 5. The number of nitrogen functional groups attached to an aromatic ring is 1. The van der Waals surface area contributed by atoms with Gasteiger partial charge in [0.05, 0.1) is 6.54 Å². The summed E-state index contributed by atoms with van der Waals surface area (Å²) < 4.78 is 5.86. The van der Waals surface area contributed by atoms with E-state index in [9.17, 15) is 4.79 Å². The fourth-order valence-corrected chi connectivity index (χ4v) is 3.72. The summed E-state index contributed by atoms with van der Waals surface area (Å²) in [5.74, 6) is 0.0872. The number of carbonyl (C=O) groups is 1. The molecule has 0 spiro atoms. The number of carbonyl (C=O) groups excluding carboxylic acids is 1. The van der Waals surface area contributed by atoms with Crippen molar-refractivity contribution >= 4 is 28.3 Å². The van der Waals surface area contributed by atoms with E-state index in [1.165, 1.54) is 0 Å². The van der Waals surface area contributed by atoms with Crippen molar-refractivity contribution in [3.8, 4) is 11.1 Å². The predicted octanol–water partition coefficient (Wildman–Crippen LogP) is 5.92. The van der Waals surface area contributed by atoms with Crippen LogP contribution in [0.4, 0.5) is 11.4 Å². The third-order valence-electron chi connectivity index (χ3n) is 5.35. The van der Waals surface area contributed by atoms with E-state index in [0.717, 1.165) is 27.8 Å². The summed E-state index contributed by atoms with van der Waals surface area (Å²) in [5, 5.41) is 0.895. The average molecular weight is 419 g/mol. The summed E-state index contributed by atoms with van der Waals surface area (Å²) in [5.41, 5.74) is 11.0. The van der Waals surface area contributed by atoms with Gasteiger partial charge in [-0.05, 0) is 65.2 Å². The maximum atomic E-state index is 13.6. The van der Waals surface area contributed by atoms with Crippen LogP contribution in [0.2, 0.25) is 0 Å². The summed E-state index contributed by atoms with van der Waals surface area (Å²) in [6, 6.07) is 28.7. The molecule has 0 saturated heterocycles. The topological polar surface area (TPSA) is 72.4 Å². The smallest absolute Gasteiger partial charge is 0.294 e. The number of hydrogen-bond donors (Lipinski definition) is 1. The molecule has 5 rings (SSSR count). The summed E-state index contributed by atoms with van der Waals surface area (Å²) >= 11 is 0. The number of benzene rings is 3. The van der Waals surface area contributed by atoms with Gasteiger partial charge >= 0.3 is 0 Å². The molecule has 2 N–H and O–H groups in total. The number of furan rings is 1. The highest BCUT2D eigenvalue weighted by molar-refractivity contribution is 6.06. The lowest BCUT2D eigenvalue weighted by atomic mass is 10.0. The van der Waals surface area contributed by atoms with E-state index in [4.69, 9.17) is 10.2 Å². The number of anilines is 2. The van der Waals surface area contributed by atoms with Crippen LogP contribution in [0, 0.1) is 0 Å². The summed E-state index contributed by atoms with van der Waals surface area (Å²) in [6.07, 6.45) is 3.58. The molecule has 0 unspecified atom stereocenters. The Morgan fingerprint density at radius 2 is 1.69 bits per heavy atom. The Morgan fingerprint density at radius 1 is 0.875 bits per heavy atom. The maximum Gasteiger partial charge on any atom is 0.294 e. The first-order chi connectivity index (χ1) is 15.7. The molecule has 2 aromatic heterocycles. The van der Waals surface area contributed by atoms with Crippen molar-refractivity contribution in [2.24, 2.45) is 0 Å². The van der Waals surface area contributed by atoms with Crippen LogP contribution in [0.3, 0.4) is 0 Å². The van der Waals surface area contributed by atoms with Crippen LogP contribution >= 0.6 is 0 Å². The Morgan fingerprint density at radius 3 is 2.47 bits per heavy atom. The molecular weight excluding hydrogens is 398 g/mol. The lowest BCUT2D eigenvalue weighted by Gasteiger charge is -2.22. The van der Waals surface area contributed by atoms with Crippen molar-refractivity contribution in [3.63, 3.8) is 0 Å². The van der Waals surface area contributed by atoms with Gasteiger partial charge in [0.25, 0.3) is 5.91 Å². The van der Waals surface area contributed by atoms with Gasteiger partial charge in [0.2, 0.25) is 0 Å². The van der Waals surface area contributed by atoms with E-state index in [1.807, 2.05) is 72.9 Å². The molecule has 0 fully saturated rings. The zero-order chi connectivity index (χ0) is 21.9. The lowest BCUT2D eigenvalue weighted by molar-refractivity contribution is 0.0960. The molecule has 156 valence electrons. The van der Waals surface area contributed by atoms with Crippen LogP contribution in [-0.2, 0) is 6.54 Å². The zero-order valence-electron chi connectivity index (χ0n) is 17.3. The Balaban J connectivity index is 1.52. The van der Waals surface area contributed by atoms with Crippen LogP contribution in [-0.4, -0.2) is 10.9 Å². The van der Waals surface area contributed by atoms with Crippen LogP contribution in [0.15, 0.2) is 108 Å². The molecule has 0 aliphatic carbocycles. The molecule has 0 bridgehead atoms. The lowest BCUT2D eigenvalue weighted by Crippen LogP contribution is -2.30. The second-order valence-electron chi connectivity index (χ2n) is 7.57. The van der Waals surface area contributed by atoms with Crippen LogP contribution in [0.25, 0.3) is 22.1 Å². The van der Waals surface area contributed by atoms with Gasteiger partial charge in [0.15, 0.2) is 5.76 Å². The first-order valence-corrected chi connectivity index (χ1v) is 10.3. The maximum absolute atomic E-state index is 13.6. The van der Waals surface area contributed by atoms with Gasteiger partial charge in [-0.15, -0.1) is 0 Å². The highest BCUT2D eigenvalue weighted by Gasteiger charge is 2.22. The number of pyridine rings is 1. The minimum atomic E-state index is -0.210. The van der Waals surface area contributed by atoms with Crippen molar-refractivity contribution in [1.29, 1.82) is 0 Å². The highest BCUT2D eigenvalue weighted by Crippen LogP contribution is 2.26. The number of nitrogens with zero attached hydrogens (tertiary/aromatic N) is 2. The van der Waals surface area contributed by atoms with Crippen LogP contribution in [0.5, 0.6) is 0 Å². The fraction of sp³-hybridized carbons (Fsp3) is 0.0370. The molecule has 2 heterocycles. The van der Waals surface area contributed by atoms with E-state index < -0.39 is 0 Å². The molecule has 32 heavy (non-hydrogen) atoms. The zero-order valence-corrected chi connectivity index (χ0v) is 17.3. The number of nitrogens with two attached hydrogens (primary N) is 1. The largest absolute Gasteiger partial charge is 0.451 e. The van der Waals surface area contributed by atoms with Gasteiger partial charge in [-0.25, -0.2) is 0 Å². The predicted molar refractivity (Wildman–Crippen MR) is 127 cm³/mol. The highest BCUT2D eigenvalue weighted by atomic mass is 16.3. The van der Waals surface area contributed by atoms with Gasteiger partial charge in [0, 0.05) is 29.2 Å². The van der Waals surface area contributed by atoms with Gasteiger partial charge in [0.1, 0.15) is 5.58 Å². The van der Waals surface area contributed by atoms with Crippen molar-refractivity contribution in [1.82, 2.24) is 4.98 Å². The van der Waals surface area contributed by atoms with E-state index in [2.05, 4.69) is 11.1 Å². The summed E-state index contributed by atoms with van der Waals surface area (Å²) in [7, 11) is 0. The molecule has 0 aliphatic rings. The number of amides is 1. The van der Waals surface area contributed by atoms with Crippen molar-refractivity contribution in [2.45, 2.75) is 6.54 Å². The molecule has 5 heteroatoms. The van der Waals surface area contributed by atoms with E-state index in [1.54, 1.807) is 29.3 Å². The van der Waals surface area contributed by atoms with Crippen molar-refractivity contribution < 1.29 is 9.21 Å². The Kier molecular flexibility index (Phi) is 5.14. The molecule has 5 nitrogen and oxygen atoms in total. The number of para-hydroxylation sites is 1. The first-order valence-electron chi connectivity index (χ1n) is 10.3. The molecule has 0 radical (unpaired) electrons. The van der Waals surface area contributed by atoms with E-state index >= 15 is 0 Å². The van der Waals surface area contributed by atoms with Crippen LogP contribution < -0.4 is 10.6 Å². The van der Waals surface area contributed by atoms with E-state index in [-0.39, 0.29) is 5.91 Å². The van der Waals surface area contributed by atoms with Gasteiger partial charge in [-0.1, -0.05) is 42.5 Å². The number of fused-ring (bicyclic) bond motifs is 1. The standard InChI is InChI=1S/C27H21N3O2/c28-23-10-12-24(13-11-23)30(27(31)26-16-21-6-1-2-9-25(21)32-26)18-19-5-3-7-20(15-19)22-8-4-14-29-17-22/h1-17H,18,28H2. The Hall–Kier alpha value is -4.38. The molecule has 0 atom stereocenters. The third kappa shape index (κ3) is 3.96. The Bertz CT molecular complexity index is 1340. The summed E-state index contributed by atoms with van der Waals surface area (Å²) in [6.45, 7) is 0.383. The minimum absolute atomic E-state index is 0.210. The SMILES string of the molecule is Nc1ccc(N(Cc2cccc(-c3cccnc3)c2)C(=O)c2cc3ccccc3o2)cc1. The van der Waals surface area contributed by atoms with Gasteiger partial charge < -0.3 is 15.1 Å². The van der Waals surface area contributed by atoms with Crippen LogP contribution in [0.1, 0.15) is 16.1 Å². The second-order valence-corrected chi connectivity index (χ2v) is 7.57. The molecule has 3 aromatic carbocycles. The minimum Gasteiger partial charge on any atom is -0.451 e. The molecule has 0 saturated carbocycles.